The van der Waals surface area contributed by atoms with Crippen molar-refractivity contribution in [3.05, 3.63) is 101 Å². The first kappa shape index (κ1) is 24.5. The number of benzene rings is 2. The van der Waals surface area contributed by atoms with Crippen LogP contribution in [-0.2, 0) is 19.6 Å². The van der Waals surface area contributed by atoms with E-state index in [2.05, 4.69) is 79.7 Å². The number of rotatable bonds is 7. The Balaban J connectivity index is 0.00000306. The van der Waals surface area contributed by atoms with Gasteiger partial charge in [-0.15, -0.1) is 24.0 Å². The second-order valence-corrected chi connectivity index (χ2v) is 7.80. The first-order chi connectivity index (χ1) is 15.6. The number of aromatic nitrogens is 4. The summed E-state index contributed by atoms with van der Waals surface area (Å²) in [7, 11) is 1.79. The number of nitrogens with zero attached hydrogens (tertiary/aromatic N) is 5. The molecule has 0 aliphatic heterocycles. The number of hydrogen-bond donors (Lipinski definition) is 2. The molecule has 8 heteroatoms. The molecule has 4 rings (SSSR count). The van der Waals surface area contributed by atoms with E-state index in [1.807, 2.05) is 36.3 Å². The van der Waals surface area contributed by atoms with Crippen LogP contribution in [0.2, 0.25) is 0 Å². The Bertz CT molecular complexity index is 1200. The summed E-state index contributed by atoms with van der Waals surface area (Å²) in [4.78, 5) is 8.49. The van der Waals surface area contributed by atoms with E-state index in [9.17, 15) is 0 Å². The van der Waals surface area contributed by atoms with E-state index in [1.165, 1.54) is 11.1 Å². The Kier molecular flexibility index (Phi) is 8.65. The summed E-state index contributed by atoms with van der Waals surface area (Å²) in [6, 6.07) is 18.9. The van der Waals surface area contributed by atoms with Gasteiger partial charge in [0.05, 0.1) is 17.7 Å². The molecule has 2 aromatic heterocycles. The molecular formula is C25H30IN7. The summed E-state index contributed by atoms with van der Waals surface area (Å²) in [6.07, 6.45) is 5.61. The van der Waals surface area contributed by atoms with Crippen LogP contribution in [0.25, 0.3) is 5.69 Å². The second-order valence-electron chi connectivity index (χ2n) is 7.80. The van der Waals surface area contributed by atoms with Crippen LogP contribution in [-0.4, -0.2) is 32.3 Å². The molecule has 0 radical (unpaired) electrons. The lowest BCUT2D eigenvalue weighted by Crippen LogP contribution is -2.36. The number of imidazole rings is 1. The molecule has 0 unspecified atom stereocenters. The molecule has 4 aromatic rings. The highest BCUT2D eigenvalue weighted by Gasteiger charge is 2.09. The largest absolute Gasteiger partial charge is 0.352 e. The predicted molar refractivity (Wildman–Crippen MR) is 143 cm³/mol. The van der Waals surface area contributed by atoms with Crippen LogP contribution in [0.15, 0.2) is 78.3 Å². The summed E-state index contributed by atoms with van der Waals surface area (Å²) in [5.41, 5.74) is 6.81. The summed E-state index contributed by atoms with van der Waals surface area (Å²) in [6.45, 7) is 6.24. The minimum Gasteiger partial charge on any atom is -0.352 e. The van der Waals surface area contributed by atoms with Gasteiger partial charge in [-0.3, -0.25) is 4.99 Å². The van der Waals surface area contributed by atoms with Crippen LogP contribution in [0.4, 0.5) is 0 Å². The van der Waals surface area contributed by atoms with Gasteiger partial charge in [-0.05, 0) is 42.7 Å². The molecule has 0 fully saturated rings. The van der Waals surface area contributed by atoms with Crippen LogP contribution in [0, 0.1) is 13.8 Å². The average Bonchev–Trinajstić information content (AvgIpc) is 3.43. The third-order valence-electron chi connectivity index (χ3n) is 5.27. The van der Waals surface area contributed by atoms with Crippen LogP contribution in [0.1, 0.15) is 28.1 Å². The van der Waals surface area contributed by atoms with Crippen molar-refractivity contribution < 1.29 is 0 Å². The molecule has 0 spiro atoms. The second kappa shape index (κ2) is 11.6. The lowest BCUT2D eigenvalue weighted by atomic mass is 10.1. The summed E-state index contributed by atoms with van der Waals surface area (Å²) in [5, 5.41) is 11.5. The zero-order chi connectivity index (χ0) is 22.3. The van der Waals surface area contributed by atoms with Crippen molar-refractivity contribution in [1.29, 1.82) is 0 Å². The first-order valence-corrected chi connectivity index (χ1v) is 10.7. The maximum Gasteiger partial charge on any atom is 0.191 e. The fourth-order valence-corrected chi connectivity index (χ4v) is 3.75. The Morgan fingerprint density at radius 3 is 2.48 bits per heavy atom. The van der Waals surface area contributed by atoms with Gasteiger partial charge < -0.3 is 15.2 Å². The minimum absolute atomic E-state index is 0. The molecule has 0 atom stereocenters. The van der Waals surface area contributed by atoms with Crippen molar-refractivity contribution >= 4 is 29.9 Å². The lowest BCUT2D eigenvalue weighted by Gasteiger charge is -2.15. The summed E-state index contributed by atoms with van der Waals surface area (Å²) >= 11 is 0. The third kappa shape index (κ3) is 6.44. The molecule has 0 saturated carbocycles. The Labute approximate surface area is 212 Å². The molecule has 0 saturated heterocycles. The molecule has 0 bridgehead atoms. The standard InChI is InChI=1S/C25H29N7.HI/c1-19-13-20(2)32(30-19)24-10-5-4-9-23(24)16-29-25(26-3)28-15-21-7-6-8-22(14-21)17-31-12-11-27-18-31;/h4-14,18H,15-17H2,1-3H3,(H2,26,28,29);1H. The number of halogens is 1. The molecule has 33 heavy (non-hydrogen) atoms. The lowest BCUT2D eigenvalue weighted by molar-refractivity contribution is 0.776. The highest BCUT2D eigenvalue weighted by atomic mass is 127. The normalized spacial score (nSPS) is 11.2. The van der Waals surface area contributed by atoms with E-state index in [1.54, 1.807) is 13.2 Å². The van der Waals surface area contributed by atoms with Crippen LogP contribution >= 0.6 is 24.0 Å². The molecule has 2 N–H and O–H groups in total. The van der Waals surface area contributed by atoms with Crippen molar-refractivity contribution in [1.82, 2.24) is 30.0 Å². The quantitative estimate of drug-likeness (QED) is 0.204. The number of nitrogens with one attached hydrogen (secondary N) is 2. The zero-order valence-corrected chi connectivity index (χ0v) is 21.5. The van der Waals surface area contributed by atoms with Gasteiger partial charge in [0.25, 0.3) is 0 Å². The van der Waals surface area contributed by atoms with Gasteiger partial charge in [-0.1, -0.05) is 42.5 Å². The molecular weight excluding hydrogens is 525 g/mol. The number of aryl methyl sites for hydroxylation is 2. The van der Waals surface area contributed by atoms with Crippen LogP contribution in [0.3, 0.4) is 0 Å². The Morgan fingerprint density at radius 1 is 0.970 bits per heavy atom. The van der Waals surface area contributed by atoms with Crippen molar-refractivity contribution in [2.75, 3.05) is 7.05 Å². The highest BCUT2D eigenvalue weighted by Crippen LogP contribution is 2.17. The van der Waals surface area contributed by atoms with Gasteiger partial charge in [-0.25, -0.2) is 9.67 Å². The van der Waals surface area contributed by atoms with E-state index in [4.69, 9.17) is 0 Å². The van der Waals surface area contributed by atoms with Crippen molar-refractivity contribution in [2.45, 2.75) is 33.5 Å². The average molecular weight is 555 g/mol. The molecule has 0 aliphatic carbocycles. The molecule has 172 valence electrons. The zero-order valence-electron chi connectivity index (χ0n) is 19.2. The van der Waals surface area contributed by atoms with E-state index in [0.717, 1.165) is 35.1 Å². The fourth-order valence-electron chi connectivity index (χ4n) is 3.75. The van der Waals surface area contributed by atoms with Gasteiger partial charge in [0, 0.05) is 44.8 Å². The van der Waals surface area contributed by atoms with E-state index in [-0.39, 0.29) is 24.0 Å². The molecule has 2 aromatic carbocycles. The van der Waals surface area contributed by atoms with Gasteiger partial charge in [-0.2, -0.15) is 5.10 Å². The Hall–Kier alpha value is -3.14. The SMILES string of the molecule is CN=C(NCc1cccc(Cn2ccnc2)c1)NCc1ccccc1-n1nc(C)cc1C.I. The fraction of sp³-hybridized carbons (Fsp3) is 0.240. The number of guanidine groups is 1. The van der Waals surface area contributed by atoms with Crippen LogP contribution < -0.4 is 10.6 Å². The molecule has 2 heterocycles. The van der Waals surface area contributed by atoms with Crippen molar-refractivity contribution in [3.63, 3.8) is 0 Å². The number of para-hydroxylation sites is 1. The van der Waals surface area contributed by atoms with E-state index < -0.39 is 0 Å². The van der Waals surface area contributed by atoms with Gasteiger partial charge >= 0.3 is 0 Å². The maximum absolute atomic E-state index is 4.64. The predicted octanol–water partition coefficient (Wildman–Crippen LogP) is 4.22. The van der Waals surface area contributed by atoms with Crippen molar-refractivity contribution in [2.24, 2.45) is 4.99 Å². The highest BCUT2D eigenvalue weighted by molar-refractivity contribution is 14.0. The molecule has 7 nitrogen and oxygen atoms in total. The molecule has 0 aliphatic rings. The minimum atomic E-state index is 0. The van der Waals surface area contributed by atoms with E-state index >= 15 is 0 Å². The number of aliphatic imine (C=N–C) groups is 1. The molecule has 0 amide bonds. The third-order valence-corrected chi connectivity index (χ3v) is 5.27. The summed E-state index contributed by atoms with van der Waals surface area (Å²) < 4.78 is 4.06. The monoisotopic (exact) mass is 555 g/mol. The van der Waals surface area contributed by atoms with Gasteiger partial charge in [0.15, 0.2) is 5.96 Å². The van der Waals surface area contributed by atoms with Crippen LogP contribution in [0.5, 0.6) is 0 Å². The smallest absolute Gasteiger partial charge is 0.191 e. The Morgan fingerprint density at radius 2 is 1.76 bits per heavy atom. The van der Waals surface area contributed by atoms with Gasteiger partial charge in [0.1, 0.15) is 0 Å². The van der Waals surface area contributed by atoms with E-state index in [0.29, 0.717) is 13.1 Å². The summed E-state index contributed by atoms with van der Waals surface area (Å²) in [5.74, 6) is 0.758. The first-order valence-electron chi connectivity index (χ1n) is 10.7. The maximum atomic E-state index is 4.64. The van der Waals surface area contributed by atoms with Crippen molar-refractivity contribution in [3.8, 4) is 5.69 Å². The van der Waals surface area contributed by atoms with Gasteiger partial charge in [0.2, 0.25) is 0 Å². The topological polar surface area (TPSA) is 72.1 Å². The number of hydrogen-bond acceptors (Lipinski definition) is 3.